The number of halogens is 1. The molecule has 0 amide bonds. The van der Waals surface area contributed by atoms with Crippen LogP contribution in [0.15, 0.2) is 59.5 Å². The van der Waals surface area contributed by atoms with E-state index in [-0.39, 0.29) is 11.5 Å². The van der Waals surface area contributed by atoms with E-state index >= 15 is 0 Å². The van der Waals surface area contributed by atoms with Crippen LogP contribution in [-0.4, -0.2) is 31.8 Å². The van der Waals surface area contributed by atoms with Crippen LogP contribution in [0.5, 0.6) is 0 Å². The lowest BCUT2D eigenvalue weighted by atomic mass is 10.1. The summed E-state index contributed by atoms with van der Waals surface area (Å²) in [5.41, 5.74) is 5.36. The number of sulfone groups is 1. The summed E-state index contributed by atoms with van der Waals surface area (Å²) in [5.74, 6) is -1.36. The van der Waals surface area contributed by atoms with Crippen molar-refractivity contribution in [2.75, 3.05) is 6.61 Å². The molecule has 2 aromatic carbocycles. The first kappa shape index (κ1) is 17.9. The molecular formula is C18H18ClNO4S. The molecule has 5 nitrogen and oxygen atoms in total. The van der Waals surface area contributed by atoms with Gasteiger partial charge in [0.15, 0.2) is 9.84 Å². The van der Waals surface area contributed by atoms with Crippen LogP contribution in [0.3, 0.4) is 0 Å². The Morgan fingerprint density at radius 2 is 1.76 bits per heavy atom. The molecule has 7 heteroatoms. The van der Waals surface area contributed by atoms with Crippen LogP contribution in [0.2, 0.25) is 5.02 Å². The van der Waals surface area contributed by atoms with Crippen molar-refractivity contribution in [3.63, 3.8) is 0 Å². The van der Waals surface area contributed by atoms with Gasteiger partial charge in [-0.3, -0.25) is 0 Å². The molecule has 0 heterocycles. The third-order valence-electron chi connectivity index (χ3n) is 4.44. The van der Waals surface area contributed by atoms with E-state index in [2.05, 4.69) is 0 Å². The zero-order valence-electron chi connectivity index (χ0n) is 13.6. The Hall–Kier alpha value is -1.89. The number of ether oxygens (including phenoxy) is 1. The summed E-state index contributed by atoms with van der Waals surface area (Å²) in [6.45, 7) is 1.79. The van der Waals surface area contributed by atoms with E-state index in [1.165, 1.54) is 24.3 Å². The highest BCUT2D eigenvalue weighted by Gasteiger charge is 2.74. The molecule has 0 saturated heterocycles. The highest BCUT2D eigenvalue weighted by molar-refractivity contribution is 7.92. The Kier molecular flexibility index (Phi) is 4.62. The van der Waals surface area contributed by atoms with Crippen LogP contribution < -0.4 is 5.73 Å². The van der Waals surface area contributed by atoms with E-state index in [9.17, 15) is 13.2 Å². The molecule has 1 aliphatic carbocycles. The number of carbonyl (C=O) groups is 1. The van der Waals surface area contributed by atoms with Gasteiger partial charge >= 0.3 is 5.97 Å². The van der Waals surface area contributed by atoms with Crippen LogP contribution in [0.4, 0.5) is 0 Å². The van der Waals surface area contributed by atoms with Gasteiger partial charge in [-0.1, -0.05) is 41.9 Å². The van der Waals surface area contributed by atoms with Gasteiger partial charge in [0.05, 0.1) is 11.5 Å². The minimum atomic E-state index is -3.84. The first-order chi connectivity index (χ1) is 11.8. The van der Waals surface area contributed by atoms with Gasteiger partial charge in [0.2, 0.25) is 0 Å². The third-order valence-corrected chi connectivity index (χ3v) is 6.96. The number of rotatable bonds is 5. The van der Waals surface area contributed by atoms with Gasteiger partial charge in [0.1, 0.15) is 10.8 Å². The number of hydrogen-bond acceptors (Lipinski definition) is 5. The zero-order chi connectivity index (χ0) is 18.2. The third kappa shape index (κ3) is 2.94. The van der Waals surface area contributed by atoms with E-state index in [0.717, 1.165) is 0 Å². The number of hydrogen-bond donors (Lipinski definition) is 1. The summed E-state index contributed by atoms with van der Waals surface area (Å²) in [4.78, 5) is 12.5. The van der Waals surface area contributed by atoms with Gasteiger partial charge in [-0.15, -0.1) is 0 Å². The Balaban J connectivity index is 2.05. The number of carbonyl (C=O) groups excluding carboxylic acids is 1. The Labute approximate surface area is 151 Å². The molecular weight excluding hydrogens is 362 g/mol. The summed E-state index contributed by atoms with van der Waals surface area (Å²) >= 11 is 5.84. The maximum Gasteiger partial charge on any atom is 0.328 e. The molecule has 1 saturated carbocycles. The summed E-state index contributed by atoms with van der Waals surface area (Å²) in [6.07, 6.45) is 0. The monoisotopic (exact) mass is 379 g/mol. The topological polar surface area (TPSA) is 86.5 Å². The van der Waals surface area contributed by atoms with Crippen molar-refractivity contribution in [1.82, 2.24) is 0 Å². The lowest BCUT2D eigenvalue weighted by Gasteiger charge is -2.11. The molecule has 2 aromatic rings. The fourth-order valence-electron chi connectivity index (χ4n) is 3.19. The van der Waals surface area contributed by atoms with E-state index < -0.39 is 32.5 Å². The minimum Gasteiger partial charge on any atom is -0.465 e. The highest BCUT2D eigenvalue weighted by atomic mass is 35.5. The Morgan fingerprint density at radius 1 is 1.16 bits per heavy atom. The van der Waals surface area contributed by atoms with E-state index in [1.54, 1.807) is 31.2 Å². The fourth-order valence-corrected chi connectivity index (χ4v) is 5.54. The molecule has 3 rings (SSSR count). The van der Waals surface area contributed by atoms with E-state index in [1.807, 2.05) is 6.07 Å². The summed E-state index contributed by atoms with van der Waals surface area (Å²) in [6, 6.07) is 14.8. The van der Waals surface area contributed by atoms with Crippen molar-refractivity contribution < 1.29 is 17.9 Å². The average molecular weight is 380 g/mol. The number of nitrogens with two attached hydrogens (primary N) is 1. The summed E-state index contributed by atoms with van der Waals surface area (Å²) in [7, 11) is -3.84. The molecule has 0 aliphatic heterocycles. The van der Waals surface area contributed by atoms with Gasteiger partial charge in [-0.25, -0.2) is 13.2 Å². The van der Waals surface area contributed by atoms with Gasteiger partial charge in [0, 0.05) is 10.9 Å². The van der Waals surface area contributed by atoms with Crippen molar-refractivity contribution in [3.05, 3.63) is 65.2 Å². The number of esters is 1. The van der Waals surface area contributed by atoms with Gasteiger partial charge in [0.25, 0.3) is 0 Å². The van der Waals surface area contributed by atoms with Crippen LogP contribution >= 0.6 is 11.6 Å². The molecule has 132 valence electrons. The predicted octanol–water partition coefficient (Wildman–Crippen LogP) is 2.54. The van der Waals surface area contributed by atoms with Crippen LogP contribution in [0.25, 0.3) is 0 Å². The molecule has 0 spiro atoms. The molecule has 1 fully saturated rings. The Morgan fingerprint density at radius 3 is 2.32 bits per heavy atom. The molecule has 25 heavy (non-hydrogen) atoms. The molecule has 2 N–H and O–H groups in total. The van der Waals surface area contributed by atoms with Gasteiger partial charge < -0.3 is 10.5 Å². The zero-order valence-corrected chi connectivity index (χ0v) is 15.1. The van der Waals surface area contributed by atoms with Gasteiger partial charge in [-0.2, -0.15) is 0 Å². The number of benzene rings is 2. The normalized spacial score (nSPS) is 25.4. The van der Waals surface area contributed by atoms with Crippen LogP contribution in [0.1, 0.15) is 18.4 Å². The molecule has 1 aliphatic rings. The molecule has 0 radical (unpaired) electrons. The largest absolute Gasteiger partial charge is 0.465 e. The first-order valence-electron chi connectivity index (χ1n) is 7.84. The summed E-state index contributed by atoms with van der Waals surface area (Å²) in [5, 5.41) is -0.651. The maximum absolute atomic E-state index is 13.1. The standard InChI is InChI=1S/C18H18ClNO4S/c1-2-24-17(21)18(20)15(12-6-4-3-5-7-12)16(18)25(22,23)14-10-8-13(19)9-11-14/h3-11,15-16H,2,20H2,1H3/t15-,16-,18-/m0/s1. The highest BCUT2D eigenvalue weighted by Crippen LogP contribution is 2.56. The fraction of sp³-hybridized carbons (Fsp3) is 0.278. The molecule has 0 bridgehead atoms. The first-order valence-corrected chi connectivity index (χ1v) is 9.76. The lowest BCUT2D eigenvalue weighted by Crippen LogP contribution is -2.41. The SMILES string of the molecule is CCOC(=O)[C@]1(N)[C@@H](c2ccccc2)[C@@H]1S(=O)(=O)c1ccc(Cl)cc1. The van der Waals surface area contributed by atoms with E-state index in [4.69, 9.17) is 22.1 Å². The maximum atomic E-state index is 13.1. The second-order valence-electron chi connectivity index (χ2n) is 5.96. The van der Waals surface area contributed by atoms with Crippen LogP contribution in [-0.2, 0) is 19.4 Å². The molecule has 0 aromatic heterocycles. The van der Waals surface area contributed by atoms with Crippen LogP contribution in [0, 0.1) is 0 Å². The van der Waals surface area contributed by atoms with Crippen molar-refractivity contribution in [2.45, 2.75) is 28.5 Å². The second kappa shape index (κ2) is 6.44. The lowest BCUT2D eigenvalue weighted by molar-refractivity contribution is -0.145. The van der Waals surface area contributed by atoms with E-state index in [0.29, 0.717) is 10.6 Å². The average Bonchev–Trinajstić information content (AvgIpc) is 3.25. The van der Waals surface area contributed by atoms with Crippen molar-refractivity contribution in [1.29, 1.82) is 0 Å². The second-order valence-corrected chi connectivity index (χ2v) is 8.47. The van der Waals surface area contributed by atoms with Gasteiger partial charge in [-0.05, 0) is 36.8 Å². The molecule has 3 atom stereocenters. The Bertz CT molecular complexity index is 883. The predicted molar refractivity (Wildman–Crippen MR) is 95.2 cm³/mol. The summed E-state index contributed by atoms with van der Waals surface area (Å²) < 4.78 is 31.2. The minimum absolute atomic E-state index is 0.0828. The van der Waals surface area contributed by atoms with Crippen molar-refractivity contribution in [2.24, 2.45) is 5.73 Å². The smallest absolute Gasteiger partial charge is 0.328 e. The quantitative estimate of drug-likeness (QED) is 0.807. The molecule has 0 unspecified atom stereocenters. The van der Waals surface area contributed by atoms with Crippen molar-refractivity contribution >= 4 is 27.4 Å². The van der Waals surface area contributed by atoms with Crippen molar-refractivity contribution in [3.8, 4) is 0 Å².